The number of benzene rings is 3. The van der Waals surface area contributed by atoms with Crippen molar-refractivity contribution >= 4 is 28.3 Å². The van der Waals surface area contributed by atoms with E-state index in [0.29, 0.717) is 11.1 Å². The molecule has 0 aliphatic rings. The topological polar surface area (TPSA) is 78.4 Å². The van der Waals surface area contributed by atoms with Crippen molar-refractivity contribution < 1.29 is 19.1 Å². The van der Waals surface area contributed by atoms with Gasteiger partial charge in [-0.15, -0.1) is 0 Å². The Balaban J connectivity index is 1.62. The average Bonchev–Trinajstić information content (AvgIpc) is 2.68. The van der Waals surface area contributed by atoms with Gasteiger partial charge in [0, 0.05) is 12.2 Å². The number of aliphatic hydroxyl groups excluding tert-OH is 1. The quantitative estimate of drug-likeness (QED) is 0.621. The third kappa shape index (κ3) is 4.30. The lowest BCUT2D eigenvalue weighted by Gasteiger charge is -2.14. The minimum absolute atomic E-state index is 0.123. The standard InChI is InChI=1S/C21H19FN2O3/c1-13-9-10-15(11-18(13)22)24-21(27)20(26)23-12-19(25)17-8-4-6-14-5-2-3-7-16(14)17/h2-11,19,25H,12H2,1H3,(H,23,26)(H,24,27)/t19-/m1/s1. The van der Waals surface area contributed by atoms with Crippen LogP contribution >= 0.6 is 0 Å². The number of hydrogen-bond acceptors (Lipinski definition) is 3. The average molecular weight is 366 g/mol. The van der Waals surface area contributed by atoms with Crippen LogP contribution in [0.2, 0.25) is 0 Å². The highest BCUT2D eigenvalue weighted by molar-refractivity contribution is 6.39. The molecule has 0 saturated heterocycles. The Morgan fingerprint density at radius 2 is 1.78 bits per heavy atom. The zero-order valence-corrected chi connectivity index (χ0v) is 14.7. The normalized spacial score (nSPS) is 11.8. The molecule has 3 N–H and O–H groups in total. The molecule has 3 aromatic carbocycles. The highest BCUT2D eigenvalue weighted by atomic mass is 19.1. The van der Waals surface area contributed by atoms with Crippen LogP contribution in [-0.4, -0.2) is 23.5 Å². The maximum Gasteiger partial charge on any atom is 0.313 e. The molecule has 1 atom stereocenters. The molecular weight excluding hydrogens is 347 g/mol. The van der Waals surface area contributed by atoms with Crippen LogP contribution in [0.3, 0.4) is 0 Å². The zero-order valence-electron chi connectivity index (χ0n) is 14.7. The van der Waals surface area contributed by atoms with Crippen molar-refractivity contribution in [1.29, 1.82) is 0 Å². The lowest BCUT2D eigenvalue weighted by molar-refractivity contribution is -0.136. The maximum absolute atomic E-state index is 13.5. The second kappa shape index (κ2) is 7.97. The van der Waals surface area contributed by atoms with Gasteiger partial charge in [0.15, 0.2) is 0 Å². The first-order valence-corrected chi connectivity index (χ1v) is 8.47. The number of hydrogen-bond donors (Lipinski definition) is 3. The minimum Gasteiger partial charge on any atom is -0.387 e. The van der Waals surface area contributed by atoms with E-state index >= 15 is 0 Å². The molecule has 0 aliphatic heterocycles. The zero-order chi connectivity index (χ0) is 19.4. The van der Waals surface area contributed by atoms with Gasteiger partial charge in [0.1, 0.15) is 5.82 Å². The third-order valence-corrected chi connectivity index (χ3v) is 4.27. The van der Waals surface area contributed by atoms with Gasteiger partial charge < -0.3 is 15.7 Å². The van der Waals surface area contributed by atoms with Crippen LogP contribution in [0, 0.1) is 12.7 Å². The fourth-order valence-electron chi connectivity index (χ4n) is 2.78. The van der Waals surface area contributed by atoms with Gasteiger partial charge >= 0.3 is 11.8 Å². The predicted molar refractivity (Wildman–Crippen MR) is 102 cm³/mol. The van der Waals surface area contributed by atoms with E-state index in [9.17, 15) is 19.1 Å². The largest absolute Gasteiger partial charge is 0.387 e. The highest BCUT2D eigenvalue weighted by Crippen LogP contribution is 2.23. The first-order valence-electron chi connectivity index (χ1n) is 8.47. The Morgan fingerprint density at radius 3 is 2.56 bits per heavy atom. The van der Waals surface area contributed by atoms with Gasteiger partial charge in [-0.3, -0.25) is 9.59 Å². The van der Waals surface area contributed by atoms with Crippen molar-refractivity contribution in [2.24, 2.45) is 0 Å². The summed E-state index contributed by atoms with van der Waals surface area (Å²) in [5.41, 5.74) is 1.29. The molecule has 138 valence electrons. The first-order chi connectivity index (χ1) is 13.0. The molecule has 2 amide bonds. The van der Waals surface area contributed by atoms with Crippen molar-refractivity contribution in [2.45, 2.75) is 13.0 Å². The number of rotatable bonds is 4. The number of nitrogens with one attached hydrogen (secondary N) is 2. The summed E-state index contributed by atoms with van der Waals surface area (Å²) >= 11 is 0. The van der Waals surface area contributed by atoms with E-state index in [1.54, 1.807) is 13.0 Å². The molecule has 0 spiro atoms. The van der Waals surface area contributed by atoms with E-state index in [4.69, 9.17) is 0 Å². The molecule has 3 aromatic rings. The summed E-state index contributed by atoms with van der Waals surface area (Å²) in [6.07, 6.45) is -0.968. The maximum atomic E-state index is 13.5. The molecule has 0 aliphatic carbocycles. The molecule has 5 nitrogen and oxygen atoms in total. The SMILES string of the molecule is Cc1ccc(NC(=O)C(=O)NC[C@@H](O)c2cccc3ccccc23)cc1F. The van der Waals surface area contributed by atoms with Crippen molar-refractivity contribution in [3.05, 3.63) is 77.6 Å². The molecule has 0 bridgehead atoms. The molecule has 0 unspecified atom stereocenters. The first kappa shape index (κ1) is 18.5. The Labute approximate surface area is 155 Å². The second-order valence-electron chi connectivity index (χ2n) is 6.21. The van der Waals surface area contributed by atoms with Crippen molar-refractivity contribution in [3.8, 4) is 0 Å². The molecule has 6 heteroatoms. The van der Waals surface area contributed by atoms with Gasteiger partial charge in [0.2, 0.25) is 0 Å². The van der Waals surface area contributed by atoms with E-state index in [0.717, 1.165) is 16.8 Å². The van der Waals surface area contributed by atoms with Crippen LogP contribution in [0.5, 0.6) is 0 Å². The van der Waals surface area contributed by atoms with Gasteiger partial charge in [-0.05, 0) is 41.0 Å². The number of aliphatic hydroxyl groups is 1. The molecule has 0 radical (unpaired) electrons. The lowest BCUT2D eigenvalue weighted by atomic mass is 10.0. The summed E-state index contributed by atoms with van der Waals surface area (Å²) in [4.78, 5) is 23.9. The number of carbonyl (C=O) groups is 2. The molecule has 0 fully saturated rings. The van der Waals surface area contributed by atoms with Gasteiger partial charge in [0.25, 0.3) is 0 Å². The van der Waals surface area contributed by atoms with Crippen LogP contribution < -0.4 is 10.6 Å². The number of fused-ring (bicyclic) bond motifs is 1. The molecule has 3 rings (SSSR count). The number of carbonyl (C=O) groups excluding carboxylic acids is 2. The summed E-state index contributed by atoms with van der Waals surface area (Å²) in [6, 6.07) is 17.3. The molecule has 0 aromatic heterocycles. The summed E-state index contributed by atoms with van der Waals surface area (Å²) in [5, 5.41) is 17.0. The van der Waals surface area contributed by atoms with Crippen LogP contribution in [0.25, 0.3) is 10.8 Å². The van der Waals surface area contributed by atoms with Gasteiger partial charge in [-0.1, -0.05) is 48.5 Å². The monoisotopic (exact) mass is 366 g/mol. The fourth-order valence-corrected chi connectivity index (χ4v) is 2.78. The van der Waals surface area contributed by atoms with E-state index in [-0.39, 0.29) is 12.2 Å². The number of halogens is 1. The smallest absolute Gasteiger partial charge is 0.313 e. The van der Waals surface area contributed by atoms with E-state index in [1.807, 2.05) is 36.4 Å². The second-order valence-corrected chi connectivity index (χ2v) is 6.21. The molecule has 0 heterocycles. The Bertz CT molecular complexity index is 998. The number of amides is 2. The fraction of sp³-hybridized carbons (Fsp3) is 0.143. The Kier molecular flexibility index (Phi) is 5.47. The third-order valence-electron chi connectivity index (χ3n) is 4.27. The van der Waals surface area contributed by atoms with Crippen molar-refractivity contribution in [1.82, 2.24) is 5.32 Å². The van der Waals surface area contributed by atoms with E-state index in [1.165, 1.54) is 12.1 Å². The van der Waals surface area contributed by atoms with E-state index in [2.05, 4.69) is 10.6 Å². The van der Waals surface area contributed by atoms with Gasteiger partial charge in [-0.2, -0.15) is 0 Å². The Hall–Kier alpha value is -3.25. The lowest BCUT2D eigenvalue weighted by Crippen LogP contribution is -2.37. The van der Waals surface area contributed by atoms with Gasteiger partial charge in [-0.25, -0.2) is 4.39 Å². The van der Waals surface area contributed by atoms with Crippen LogP contribution in [-0.2, 0) is 9.59 Å². The van der Waals surface area contributed by atoms with Crippen molar-refractivity contribution in [3.63, 3.8) is 0 Å². The van der Waals surface area contributed by atoms with Crippen LogP contribution in [0.1, 0.15) is 17.2 Å². The summed E-state index contributed by atoms with van der Waals surface area (Å²) < 4.78 is 13.5. The minimum atomic E-state index is -0.968. The molecule has 0 saturated carbocycles. The molecular formula is C21H19FN2O3. The summed E-state index contributed by atoms with van der Waals surface area (Å²) in [5.74, 6) is -2.31. The summed E-state index contributed by atoms with van der Waals surface area (Å²) in [7, 11) is 0. The Morgan fingerprint density at radius 1 is 1.04 bits per heavy atom. The number of anilines is 1. The highest BCUT2D eigenvalue weighted by Gasteiger charge is 2.17. The predicted octanol–water partition coefficient (Wildman–Crippen LogP) is 3.08. The molecule has 27 heavy (non-hydrogen) atoms. The summed E-state index contributed by atoms with van der Waals surface area (Å²) in [6.45, 7) is 1.48. The van der Waals surface area contributed by atoms with Crippen LogP contribution in [0.4, 0.5) is 10.1 Å². The van der Waals surface area contributed by atoms with Gasteiger partial charge in [0.05, 0.1) is 6.10 Å². The number of aryl methyl sites for hydroxylation is 1. The van der Waals surface area contributed by atoms with Crippen LogP contribution in [0.15, 0.2) is 60.7 Å². The van der Waals surface area contributed by atoms with Crippen molar-refractivity contribution in [2.75, 3.05) is 11.9 Å². The van der Waals surface area contributed by atoms with E-state index < -0.39 is 23.7 Å².